The molecule has 5 heteroatoms. The second-order valence-electron chi connectivity index (χ2n) is 5.01. The van der Waals surface area contributed by atoms with Gasteiger partial charge in [0.15, 0.2) is 0 Å². The number of nitrogens with one attached hydrogen (secondary N) is 1. The summed E-state index contributed by atoms with van der Waals surface area (Å²) in [7, 11) is 0. The molecule has 0 aliphatic carbocycles. The number of nitrogens with zero attached hydrogens (tertiary/aromatic N) is 1. The monoisotopic (exact) mass is 265 g/mol. The molecule has 0 atom stereocenters. The second kappa shape index (κ2) is 5.57. The lowest BCUT2D eigenvalue weighted by Crippen LogP contribution is -2.57. The van der Waals surface area contributed by atoms with Gasteiger partial charge in [-0.1, -0.05) is 6.92 Å². The highest BCUT2D eigenvalue weighted by atomic mass is 19.1. The number of amides is 1. The van der Waals surface area contributed by atoms with Gasteiger partial charge >= 0.3 is 0 Å². The third-order valence-electron chi connectivity index (χ3n) is 3.86. The highest BCUT2D eigenvalue weighted by Gasteiger charge is 2.39. The highest BCUT2D eigenvalue weighted by molar-refractivity contribution is 5.88. The summed E-state index contributed by atoms with van der Waals surface area (Å²) in [6.45, 7) is 4.76. The Morgan fingerprint density at radius 2 is 1.95 bits per heavy atom. The van der Waals surface area contributed by atoms with Crippen LogP contribution in [0.2, 0.25) is 0 Å². The van der Waals surface area contributed by atoms with Crippen molar-refractivity contribution in [2.45, 2.75) is 25.3 Å². The van der Waals surface area contributed by atoms with Crippen LogP contribution >= 0.6 is 0 Å². The number of nitrogens with two attached hydrogens (primary N) is 1. The van der Waals surface area contributed by atoms with E-state index in [0.717, 1.165) is 25.3 Å². The number of carbonyl (C=O) groups excluding carboxylic acids is 1. The van der Waals surface area contributed by atoms with Crippen LogP contribution in [0.4, 0.5) is 10.1 Å². The molecule has 1 aliphatic rings. The summed E-state index contributed by atoms with van der Waals surface area (Å²) in [4.78, 5) is 14.1. The number of piperidine rings is 1. The van der Waals surface area contributed by atoms with Crippen LogP contribution in [0.5, 0.6) is 0 Å². The number of primary amides is 1. The SMILES string of the molecule is CCN1CCC(Nc2ccc(F)cc2)(C(N)=O)CC1. The molecule has 1 aromatic carbocycles. The molecule has 104 valence electrons. The summed E-state index contributed by atoms with van der Waals surface area (Å²) in [5, 5.41) is 3.20. The van der Waals surface area contributed by atoms with E-state index in [1.54, 1.807) is 12.1 Å². The highest BCUT2D eigenvalue weighted by Crippen LogP contribution is 2.27. The van der Waals surface area contributed by atoms with Gasteiger partial charge in [-0.2, -0.15) is 0 Å². The first kappa shape index (κ1) is 13.8. The van der Waals surface area contributed by atoms with Crippen LogP contribution in [0.15, 0.2) is 24.3 Å². The largest absolute Gasteiger partial charge is 0.371 e. The fourth-order valence-corrected chi connectivity index (χ4v) is 2.49. The lowest BCUT2D eigenvalue weighted by molar-refractivity contribution is -0.123. The topological polar surface area (TPSA) is 58.4 Å². The second-order valence-corrected chi connectivity index (χ2v) is 5.01. The van der Waals surface area contributed by atoms with Gasteiger partial charge in [-0.3, -0.25) is 4.79 Å². The maximum absolute atomic E-state index is 12.9. The minimum atomic E-state index is -0.719. The standard InChI is InChI=1S/C14H20FN3O/c1-2-18-9-7-14(8-10-18,13(16)19)17-12-5-3-11(15)4-6-12/h3-6,17H,2,7-10H2,1H3,(H2,16,19). The number of carbonyl (C=O) groups is 1. The van der Waals surface area contributed by atoms with Crippen molar-refractivity contribution < 1.29 is 9.18 Å². The molecule has 0 radical (unpaired) electrons. The van der Waals surface area contributed by atoms with E-state index < -0.39 is 5.54 Å². The first-order valence-electron chi connectivity index (χ1n) is 6.62. The Labute approximate surface area is 112 Å². The number of hydrogen-bond donors (Lipinski definition) is 2. The van der Waals surface area contributed by atoms with E-state index in [-0.39, 0.29) is 11.7 Å². The molecule has 3 N–H and O–H groups in total. The Morgan fingerprint density at radius 3 is 2.42 bits per heavy atom. The van der Waals surface area contributed by atoms with Crippen LogP contribution in [0.1, 0.15) is 19.8 Å². The van der Waals surface area contributed by atoms with Gasteiger partial charge in [-0.25, -0.2) is 4.39 Å². The van der Waals surface area contributed by atoms with Gasteiger partial charge in [0.25, 0.3) is 0 Å². The molecule has 19 heavy (non-hydrogen) atoms. The molecule has 1 aliphatic heterocycles. The predicted octanol–water partition coefficient (Wildman–Crippen LogP) is 1.58. The van der Waals surface area contributed by atoms with Gasteiger partial charge in [-0.15, -0.1) is 0 Å². The Morgan fingerprint density at radius 1 is 1.37 bits per heavy atom. The van der Waals surface area contributed by atoms with Crippen molar-refractivity contribution >= 4 is 11.6 Å². The Balaban J connectivity index is 2.12. The molecule has 1 amide bonds. The summed E-state index contributed by atoms with van der Waals surface area (Å²) < 4.78 is 12.9. The Hall–Kier alpha value is -1.62. The molecule has 0 unspecified atom stereocenters. The van der Waals surface area contributed by atoms with Gasteiger partial charge in [-0.05, 0) is 43.7 Å². The van der Waals surface area contributed by atoms with E-state index in [0.29, 0.717) is 12.8 Å². The van der Waals surface area contributed by atoms with Crippen LogP contribution in [0.3, 0.4) is 0 Å². The van der Waals surface area contributed by atoms with Gasteiger partial charge in [0.05, 0.1) is 0 Å². The van der Waals surface area contributed by atoms with E-state index in [4.69, 9.17) is 5.73 Å². The molecule has 1 aromatic rings. The molecule has 1 fully saturated rings. The van der Waals surface area contributed by atoms with Crippen molar-refractivity contribution in [3.8, 4) is 0 Å². The van der Waals surface area contributed by atoms with Gasteiger partial charge in [0.2, 0.25) is 5.91 Å². The Bertz CT molecular complexity index is 439. The molecular weight excluding hydrogens is 245 g/mol. The zero-order chi connectivity index (χ0) is 13.9. The van der Waals surface area contributed by atoms with Crippen molar-refractivity contribution in [1.82, 2.24) is 4.90 Å². The zero-order valence-electron chi connectivity index (χ0n) is 11.2. The number of likely N-dealkylation sites (tertiary alicyclic amines) is 1. The number of halogens is 1. The van der Waals surface area contributed by atoms with Gasteiger partial charge in [0.1, 0.15) is 11.4 Å². The maximum Gasteiger partial charge on any atom is 0.243 e. The molecule has 2 rings (SSSR count). The molecular formula is C14H20FN3O. The molecule has 1 saturated heterocycles. The zero-order valence-corrected chi connectivity index (χ0v) is 11.2. The van der Waals surface area contributed by atoms with Crippen LogP contribution < -0.4 is 11.1 Å². The Kier molecular flexibility index (Phi) is 4.04. The van der Waals surface area contributed by atoms with Crippen LogP contribution in [-0.2, 0) is 4.79 Å². The fourth-order valence-electron chi connectivity index (χ4n) is 2.49. The molecule has 1 heterocycles. The minimum Gasteiger partial charge on any atom is -0.371 e. The van der Waals surface area contributed by atoms with Crippen LogP contribution in [0, 0.1) is 5.82 Å². The smallest absolute Gasteiger partial charge is 0.243 e. The van der Waals surface area contributed by atoms with E-state index in [9.17, 15) is 9.18 Å². The lowest BCUT2D eigenvalue weighted by atomic mass is 9.86. The predicted molar refractivity (Wildman–Crippen MR) is 73.3 cm³/mol. The number of hydrogen-bond acceptors (Lipinski definition) is 3. The molecule has 0 aromatic heterocycles. The third kappa shape index (κ3) is 3.04. The molecule has 0 spiro atoms. The van der Waals surface area contributed by atoms with Gasteiger partial charge in [0, 0.05) is 18.8 Å². The summed E-state index contributed by atoms with van der Waals surface area (Å²) >= 11 is 0. The number of rotatable bonds is 4. The first-order valence-corrected chi connectivity index (χ1v) is 6.62. The minimum absolute atomic E-state index is 0.292. The van der Waals surface area contributed by atoms with Crippen molar-refractivity contribution in [3.63, 3.8) is 0 Å². The fraction of sp³-hybridized carbons (Fsp3) is 0.500. The van der Waals surface area contributed by atoms with Crippen molar-refractivity contribution in [3.05, 3.63) is 30.1 Å². The number of benzene rings is 1. The van der Waals surface area contributed by atoms with Crippen LogP contribution in [-0.4, -0.2) is 36.0 Å². The van der Waals surface area contributed by atoms with E-state index in [2.05, 4.69) is 17.1 Å². The third-order valence-corrected chi connectivity index (χ3v) is 3.86. The van der Waals surface area contributed by atoms with E-state index in [1.165, 1.54) is 12.1 Å². The number of anilines is 1. The molecule has 4 nitrogen and oxygen atoms in total. The van der Waals surface area contributed by atoms with Crippen LogP contribution in [0.25, 0.3) is 0 Å². The lowest BCUT2D eigenvalue weighted by Gasteiger charge is -2.40. The maximum atomic E-state index is 12.9. The van der Waals surface area contributed by atoms with E-state index in [1.807, 2.05) is 0 Å². The average Bonchev–Trinajstić information content (AvgIpc) is 2.42. The summed E-state index contributed by atoms with van der Waals surface area (Å²) in [5.41, 5.74) is 5.58. The first-order chi connectivity index (χ1) is 9.05. The summed E-state index contributed by atoms with van der Waals surface area (Å²) in [6, 6.07) is 6.01. The quantitative estimate of drug-likeness (QED) is 0.869. The molecule has 0 bridgehead atoms. The van der Waals surface area contributed by atoms with Crippen molar-refractivity contribution in [2.75, 3.05) is 25.0 Å². The van der Waals surface area contributed by atoms with Crippen molar-refractivity contribution in [1.29, 1.82) is 0 Å². The molecule has 0 saturated carbocycles. The van der Waals surface area contributed by atoms with Gasteiger partial charge < -0.3 is 16.0 Å². The summed E-state index contributed by atoms with van der Waals surface area (Å²) in [5.74, 6) is -0.632. The van der Waals surface area contributed by atoms with Crippen molar-refractivity contribution in [2.24, 2.45) is 5.73 Å². The normalized spacial score (nSPS) is 19.1. The average molecular weight is 265 g/mol. The van der Waals surface area contributed by atoms with E-state index >= 15 is 0 Å². The summed E-state index contributed by atoms with van der Waals surface area (Å²) in [6.07, 6.45) is 1.35.